The maximum Gasteiger partial charge on any atom is 0.327 e. The predicted octanol–water partition coefficient (Wildman–Crippen LogP) is 3.72. The first kappa shape index (κ1) is 19.6. The Bertz CT molecular complexity index is 1510. The van der Waals surface area contributed by atoms with Crippen LogP contribution in [0.2, 0.25) is 0 Å². The number of halogens is 1. The van der Waals surface area contributed by atoms with E-state index in [9.17, 15) is 19.1 Å². The number of carbonyl (C=O) groups is 1. The van der Waals surface area contributed by atoms with Gasteiger partial charge in [-0.15, -0.1) is 0 Å². The third-order valence-electron chi connectivity index (χ3n) is 5.47. The molecule has 0 spiro atoms. The van der Waals surface area contributed by atoms with Gasteiger partial charge in [0.25, 0.3) is 5.56 Å². The quantitative estimate of drug-likeness (QED) is 0.461. The standard InChI is InChI=1S/C24H17FN4O3/c25-17-8-6-16(7-9-17)18-14-27-29-20-10-11-28(23(30)19(20)13-26-22(18)29)21(24(31)32)12-15-4-2-1-3-5-15/h1-11,13-14,21H,12H2,(H,31,32)/t21-/m1/s1. The van der Waals surface area contributed by atoms with E-state index in [2.05, 4.69) is 10.1 Å². The third-order valence-corrected chi connectivity index (χ3v) is 5.47. The summed E-state index contributed by atoms with van der Waals surface area (Å²) in [5.41, 5.74) is 2.82. The summed E-state index contributed by atoms with van der Waals surface area (Å²) in [6, 6.07) is 15.8. The minimum absolute atomic E-state index is 0.174. The Hall–Kier alpha value is -4.33. The number of carboxylic acids is 1. The average Bonchev–Trinajstić information content (AvgIpc) is 3.24. The fourth-order valence-corrected chi connectivity index (χ4v) is 3.85. The van der Waals surface area contributed by atoms with Crippen LogP contribution in [0.15, 0.2) is 84.0 Å². The van der Waals surface area contributed by atoms with E-state index >= 15 is 0 Å². The van der Waals surface area contributed by atoms with Gasteiger partial charge >= 0.3 is 5.97 Å². The van der Waals surface area contributed by atoms with Gasteiger partial charge < -0.3 is 9.67 Å². The van der Waals surface area contributed by atoms with Crippen LogP contribution >= 0.6 is 0 Å². The molecule has 0 saturated carbocycles. The summed E-state index contributed by atoms with van der Waals surface area (Å²) in [7, 11) is 0. The van der Waals surface area contributed by atoms with Crippen LogP contribution < -0.4 is 5.56 Å². The van der Waals surface area contributed by atoms with Gasteiger partial charge in [-0.2, -0.15) is 5.10 Å². The zero-order valence-corrected chi connectivity index (χ0v) is 16.7. The van der Waals surface area contributed by atoms with E-state index in [0.717, 1.165) is 11.1 Å². The fraction of sp³-hybridized carbons (Fsp3) is 0.0833. The number of carboxylic acid groups (broad SMARTS) is 1. The molecule has 3 heterocycles. The number of pyridine rings is 1. The molecule has 0 saturated heterocycles. The van der Waals surface area contributed by atoms with Gasteiger partial charge in [0.05, 0.1) is 17.1 Å². The largest absolute Gasteiger partial charge is 0.480 e. The number of hydrogen-bond acceptors (Lipinski definition) is 4. The number of aromatic nitrogens is 4. The van der Waals surface area contributed by atoms with Crippen molar-refractivity contribution in [2.75, 3.05) is 0 Å². The van der Waals surface area contributed by atoms with Crippen LogP contribution in [-0.2, 0) is 11.2 Å². The second kappa shape index (κ2) is 7.73. The highest BCUT2D eigenvalue weighted by molar-refractivity contribution is 5.85. The summed E-state index contributed by atoms with van der Waals surface area (Å²) in [6.45, 7) is 0. The molecule has 5 aromatic rings. The van der Waals surface area contributed by atoms with E-state index in [1.54, 1.807) is 24.4 Å². The van der Waals surface area contributed by atoms with Crippen LogP contribution in [0, 0.1) is 5.82 Å². The highest BCUT2D eigenvalue weighted by Crippen LogP contribution is 2.25. The van der Waals surface area contributed by atoms with Crippen molar-refractivity contribution in [1.82, 2.24) is 19.2 Å². The van der Waals surface area contributed by atoms with Crippen LogP contribution in [0.25, 0.3) is 27.7 Å². The summed E-state index contributed by atoms with van der Waals surface area (Å²) in [5.74, 6) is -1.44. The maximum atomic E-state index is 13.3. The van der Waals surface area contributed by atoms with Crippen LogP contribution in [0.1, 0.15) is 11.6 Å². The molecule has 0 radical (unpaired) electrons. The van der Waals surface area contributed by atoms with Gasteiger partial charge in [0.2, 0.25) is 0 Å². The summed E-state index contributed by atoms with van der Waals surface area (Å²) in [5, 5.41) is 14.4. The van der Waals surface area contributed by atoms with Crippen molar-refractivity contribution in [3.63, 3.8) is 0 Å². The van der Waals surface area contributed by atoms with E-state index in [0.29, 0.717) is 16.7 Å². The van der Waals surface area contributed by atoms with E-state index in [1.165, 1.54) is 33.6 Å². The molecule has 1 atom stereocenters. The fourth-order valence-electron chi connectivity index (χ4n) is 3.85. The number of fused-ring (bicyclic) bond motifs is 3. The zero-order chi connectivity index (χ0) is 22.2. The predicted molar refractivity (Wildman–Crippen MR) is 117 cm³/mol. The topological polar surface area (TPSA) is 89.5 Å². The molecule has 32 heavy (non-hydrogen) atoms. The summed E-state index contributed by atoms with van der Waals surface area (Å²) in [4.78, 5) is 29.6. The Kier molecular flexibility index (Phi) is 4.74. The molecule has 3 aromatic heterocycles. The molecule has 0 aliphatic carbocycles. The molecule has 0 aliphatic heterocycles. The number of rotatable bonds is 5. The Morgan fingerprint density at radius 3 is 2.50 bits per heavy atom. The van der Waals surface area contributed by atoms with Crippen LogP contribution in [-0.4, -0.2) is 30.2 Å². The molecule has 0 unspecified atom stereocenters. The van der Waals surface area contributed by atoms with E-state index in [-0.39, 0.29) is 17.6 Å². The normalized spacial score (nSPS) is 12.3. The summed E-state index contributed by atoms with van der Waals surface area (Å²) in [6.07, 6.45) is 4.69. The van der Waals surface area contributed by atoms with Crippen molar-refractivity contribution >= 4 is 22.5 Å². The van der Waals surface area contributed by atoms with Gasteiger partial charge in [-0.3, -0.25) is 4.79 Å². The Morgan fingerprint density at radius 1 is 1.03 bits per heavy atom. The van der Waals surface area contributed by atoms with Gasteiger partial charge in [0, 0.05) is 24.4 Å². The first-order valence-electron chi connectivity index (χ1n) is 9.93. The van der Waals surface area contributed by atoms with Crippen LogP contribution in [0.5, 0.6) is 0 Å². The molecular formula is C24H17FN4O3. The number of benzene rings is 2. The molecule has 2 aromatic carbocycles. The average molecular weight is 428 g/mol. The van der Waals surface area contributed by atoms with E-state index in [1.807, 2.05) is 30.3 Å². The Morgan fingerprint density at radius 2 is 1.78 bits per heavy atom. The van der Waals surface area contributed by atoms with Crippen LogP contribution in [0.4, 0.5) is 4.39 Å². The van der Waals surface area contributed by atoms with Crippen molar-refractivity contribution in [2.24, 2.45) is 0 Å². The first-order valence-corrected chi connectivity index (χ1v) is 9.93. The lowest BCUT2D eigenvalue weighted by Gasteiger charge is -2.16. The van der Waals surface area contributed by atoms with Crippen molar-refractivity contribution in [3.8, 4) is 11.1 Å². The monoisotopic (exact) mass is 428 g/mol. The lowest BCUT2D eigenvalue weighted by molar-refractivity contribution is -0.141. The van der Waals surface area contributed by atoms with Crippen molar-refractivity contribution in [3.05, 3.63) is 101 Å². The number of nitrogens with zero attached hydrogens (tertiary/aromatic N) is 4. The molecule has 0 aliphatic rings. The van der Waals surface area contributed by atoms with Crippen LogP contribution in [0.3, 0.4) is 0 Å². The highest BCUT2D eigenvalue weighted by Gasteiger charge is 2.23. The van der Waals surface area contributed by atoms with Gasteiger partial charge in [-0.25, -0.2) is 18.7 Å². The molecule has 0 bridgehead atoms. The summed E-state index contributed by atoms with van der Waals surface area (Å²) >= 11 is 0. The molecule has 7 nitrogen and oxygen atoms in total. The highest BCUT2D eigenvalue weighted by atomic mass is 19.1. The molecule has 5 rings (SSSR count). The molecule has 1 N–H and O–H groups in total. The molecule has 0 amide bonds. The zero-order valence-electron chi connectivity index (χ0n) is 16.7. The number of hydrogen-bond donors (Lipinski definition) is 1. The van der Waals surface area contributed by atoms with Gasteiger partial charge in [-0.05, 0) is 29.3 Å². The van der Waals surface area contributed by atoms with Crippen molar-refractivity contribution in [2.45, 2.75) is 12.5 Å². The first-order chi connectivity index (χ1) is 15.5. The third kappa shape index (κ3) is 3.31. The molecule has 158 valence electrons. The van der Waals surface area contributed by atoms with Crippen molar-refractivity contribution in [1.29, 1.82) is 0 Å². The number of aliphatic carboxylic acids is 1. The Labute approximate surface area is 181 Å². The lowest BCUT2D eigenvalue weighted by Crippen LogP contribution is -2.31. The molecule has 8 heteroatoms. The second-order valence-corrected chi connectivity index (χ2v) is 7.43. The summed E-state index contributed by atoms with van der Waals surface area (Å²) < 4.78 is 16.0. The smallest absolute Gasteiger partial charge is 0.327 e. The molecule has 0 fully saturated rings. The molecular weight excluding hydrogens is 411 g/mol. The lowest BCUT2D eigenvalue weighted by atomic mass is 10.1. The van der Waals surface area contributed by atoms with E-state index in [4.69, 9.17) is 0 Å². The minimum atomic E-state index is -1.10. The van der Waals surface area contributed by atoms with Gasteiger partial charge in [0.15, 0.2) is 5.65 Å². The SMILES string of the molecule is O=C(O)[C@@H](Cc1ccccc1)n1ccc2c(cnc3c(-c4ccc(F)cc4)cnn32)c1=O. The van der Waals surface area contributed by atoms with E-state index < -0.39 is 17.6 Å². The van der Waals surface area contributed by atoms with Crippen molar-refractivity contribution < 1.29 is 14.3 Å². The van der Waals surface area contributed by atoms with Gasteiger partial charge in [0.1, 0.15) is 11.9 Å². The maximum absolute atomic E-state index is 13.3. The second-order valence-electron chi connectivity index (χ2n) is 7.43. The van der Waals surface area contributed by atoms with Gasteiger partial charge in [-0.1, -0.05) is 42.5 Å². The Balaban J connectivity index is 1.62. The minimum Gasteiger partial charge on any atom is -0.480 e.